The predicted octanol–water partition coefficient (Wildman–Crippen LogP) is 2.37. The number of fused-ring (bicyclic) bond motifs is 1. The van der Waals surface area contributed by atoms with E-state index in [0.29, 0.717) is 11.9 Å². The number of para-hydroxylation sites is 1. The van der Waals surface area contributed by atoms with Gasteiger partial charge in [0.2, 0.25) is 0 Å². The number of imidazole rings is 1. The van der Waals surface area contributed by atoms with Crippen molar-refractivity contribution in [3.05, 3.63) is 29.6 Å². The number of aryl methyl sites for hydroxylation is 1. The molecular weight excluding hydrogens is 256 g/mol. The molecular formula is C15H18N2O3. The molecule has 0 amide bonds. The first-order chi connectivity index (χ1) is 9.34. The van der Waals surface area contributed by atoms with E-state index < -0.39 is 5.97 Å². The third-order valence-electron chi connectivity index (χ3n) is 4.60. The van der Waals surface area contributed by atoms with Crippen molar-refractivity contribution < 1.29 is 15.0 Å². The fourth-order valence-corrected chi connectivity index (χ4v) is 3.12. The molecule has 5 heteroatoms. The van der Waals surface area contributed by atoms with Gasteiger partial charge < -0.3 is 14.8 Å². The van der Waals surface area contributed by atoms with Crippen LogP contribution in [0, 0.1) is 12.3 Å². The normalized spacial score (nSPS) is 24.6. The number of benzene rings is 1. The zero-order valence-electron chi connectivity index (χ0n) is 11.8. The van der Waals surface area contributed by atoms with Crippen LogP contribution in [0.15, 0.2) is 18.2 Å². The third-order valence-corrected chi connectivity index (χ3v) is 4.60. The molecule has 0 radical (unpaired) electrons. The Hall–Kier alpha value is -1.88. The van der Waals surface area contributed by atoms with Crippen molar-refractivity contribution in [2.24, 2.45) is 5.41 Å². The first kappa shape index (κ1) is 13.1. The van der Waals surface area contributed by atoms with Gasteiger partial charge in [-0.25, -0.2) is 9.78 Å². The number of hydrogen-bond acceptors (Lipinski definition) is 3. The molecule has 0 spiro atoms. The SMILES string of the molecule is Cc1nc2c(C(=O)O)cccc2n1C1CC(O)C1(C)C. The van der Waals surface area contributed by atoms with E-state index in [0.717, 1.165) is 11.3 Å². The molecule has 1 heterocycles. The Morgan fingerprint density at radius 1 is 1.45 bits per heavy atom. The van der Waals surface area contributed by atoms with Crippen LogP contribution in [0.4, 0.5) is 0 Å². The molecule has 1 aromatic carbocycles. The monoisotopic (exact) mass is 274 g/mol. The van der Waals surface area contributed by atoms with Gasteiger partial charge in [-0.15, -0.1) is 0 Å². The van der Waals surface area contributed by atoms with Crippen molar-refractivity contribution in [3.63, 3.8) is 0 Å². The minimum atomic E-state index is -0.965. The lowest BCUT2D eigenvalue weighted by molar-refractivity contribution is -0.0884. The Bertz CT molecular complexity index is 702. The zero-order chi connectivity index (χ0) is 14.7. The van der Waals surface area contributed by atoms with Crippen LogP contribution < -0.4 is 0 Å². The van der Waals surface area contributed by atoms with Crippen LogP contribution in [0.3, 0.4) is 0 Å². The summed E-state index contributed by atoms with van der Waals surface area (Å²) in [6.45, 7) is 5.93. The van der Waals surface area contributed by atoms with E-state index >= 15 is 0 Å². The number of aromatic carboxylic acids is 1. The Morgan fingerprint density at radius 3 is 2.70 bits per heavy atom. The van der Waals surface area contributed by atoms with Crippen molar-refractivity contribution in [1.29, 1.82) is 0 Å². The highest BCUT2D eigenvalue weighted by Crippen LogP contribution is 2.50. The number of hydrogen-bond donors (Lipinski definition) is 2. The Labute approximate surface area is 116 Å². The van der Waals surface area contributed by atoms with E-state index in [9.17, 15) is 15.0 Å². The highest BCUT2D eigenvalue weighted by molar-refractivity contribution is 6.01. The standard InChI is InChI=1S/C15H18N2O3/c1-8-16-13-9(14(19)20)5-4-6-10(13)17(8)11-7-12(18)15(11,2)3/h4-6,11-12,18H,7H2,1-3H3,(H,19,20). The van der Waals surface area contributed by atoms with Gasteiger partial charge >= 0.3 is 5.97 Å². The molecule has 20 heavy (non-hydrogen) atoms. The third kappa shape index (κ3) is 1.59. The van der Waals surface area contributed by atoms with Gasteiger partial charge in [-0.3, -0.25) is 0 Å². The molecule has 2 N–H and O–H groups in total. The summed E-state index contributed by atoms with van der Waals surface area (Å²) in [6.07, 6.45) is 0.350. The highest BCUT2D eigenvalue weighted by atomic mass is 16.4. The maximum atomic E-state index is 11.3. The van der Waals surface area contributed by atoms with Crippen LogP contribution in [0.5, 0.6) is 0 Å². The number of aliphatic hydroxyl groups excluding tert-OH is 1. The second-order valence-electron chi connectivity index (χ2n) is 6.10. The molecule has 1 aromatic heterocycles. The van der Waals surface area contributed by atoms with E-state index in [2.05, 4.69) is 9.55 Å². The number of nitrogens with zero attached hydrogens (tertiary/aromatic N) is 2. The molecule has 1 saturated carbocycles. The second kappa shape index (κ2) is 4.06. The predicted molar refractivity (Wildman–Crippen MR) is 74.9 cm³/mol. The molecule has 1 aliphatic carbocycles. The molecule has 2 aromatic rings. The number of rotatable bonds is 2. The van der Waals surface area contributed by atoms with Gasteiger partial charge in [-0.05, 0) is 25.5 Å². The molecule has 1 aliphatic rings. The lowest BCUT2D eigenvalue weighted by Gasteiger charge is -2.50. The quantitative estimate of drug-likeness (QED) is 0.881. The fourth-order valence-electron chi connectivity index (χ4n) is 3.12. The molecule has 0 bridgehead atoms. The molecule has 106 valence electrons. The Balaban J connectivity index is 2.21. The van der Waals surface area contributed by atoms with E-state index in [1.54, 1.807) is 12.1 Å². The van der Waals surface area contributed by atoms with Crippen molar-refractivity contribution >= 4 is 17.0 Å². The lowest BCUT2D eigenvalue weighted by Crippen LogP contribution is -2.50. The first-order valence-corrected chi connectivity index (χ1v) is 6.73. The molecule has 0 saturated heterocycles. The maximum absolute atomic E-state index is 11.3. The summed E-state index contributed by atoms with van der Waals surface area (Å²) >= 11 is 0. The van der Waals surface area contributed by atoms with Crippen molar-refractivity contribution in [2.45, 2.75) is 39.3 Å². The van der Waals surface area contributed by atoms with E-state index in [1.165, 1.54) is 0 Å². The molecule has 1 fully saturated rings. The molecule has 5 nitrogen and oxygen atoms in total. The Morgan fingerprint density at radius 2 is 2.15 bits per heavy atom. The largest absolute Gasteiger partial charge is 0.478 e. The minimum Gasteiger partial charge on any atom is -0.478 e. The summed E-state index contributed by atoms with van der Waals surface area (Å²) < 4.78 is 2.06. The summed E-state index contributed by atoms with van der Waals surface area (Å²) in [5, 5.41) is 19.2. The van der Waals surface area contributed by atoms with Crippen molar-refractivity contribution in [1.82, 2.24) is 9.55 Å². The van der Waals surface area contributed by atoms with E-state index in [1.807, 2.05) is 26.8 Å². The smallest absolute Gasteiger partial charge is 0.337 e. The van der Waals surface area contributed by atoms with Gasteiger partial charge in [0, 0.05) is 11.5 Å². The fraction of sp³-hybridized carbons (Fsp3) is 0.467. The van der Waals surface area contributed by atoms with Crippen LogP contribution >= 0.6 is 0 Å². The van der Waals surface area contributed by atoms with Crippen LogP contribution in [-0.4, -0.2) is 31.8 Å². The second-order valence-corrected chi connectivity index (χ2v) is 6.10. The van der Waals surface area contributed by atoms with Gasteiger partial charge in [0.25, 0.3) is 0 Å². The number of aromatic nitrogens is 2. The number of aliphatic hydroxyl groups is 1. The van der Waals surface area contributed by atoms with Gasteiger partial charge in [-0.2, -0.15) is 0 Å². The summed E-state index contributed by atoms with van der Waals surface area (Å²) in [4.78, 5) is 15.7. The van der Waals surface area contributed by atoms with Crippen LogP contribution in [0.1, 0.15) is 42.5 Å². The van der Waals surface area contributed by atoms with Crippen LogP contribution in [0.25, 0.3) is 11.0 Å². The highest BCUT2D eigenvalue weighted by Gasteiger charge is 2.49. The average molecular weight is 274 g/mol. The van der Waals surface area contributed by atoms with E-state index in [4.69, 9.17) is 0 Å². The summed E-state index contributed by atoms with van der Waals surface area (Å²) in [6, 6.07) is 5.35. The number of carboxylic acid groups (broad SMARTS) is 1. The van der Waals surface area contributed by atoms with Gasteiger partial charge in [0.1, 0.15) is 11.3 Å². The number of carbonyl (C=O) groups is 1. The Kier molecular flexibility index (Phi) is 2.66. The van der Waals surface area contributed by atoms with Gasteiger partial charge in [0.15, 0.2) is 0 Å². The average Bonchev–Trinajstić information content (AvgIpc) is 2.71. The summed E-state index contributed by atoms with van der Waals surface area (Å²) in [7, 11) is 0. The lowest BCUT2D eigenvalue weighted by atomic mass is 9.64. The molecule has 3 rings (SSSR count). The van der Waals surface area contributed by atoms with Crippen LogP contribution in [-0.2, 0) is 0 Å². The molecule has 2 unspecified atom stereocenters. The summed E-state index contributed by atoms with van der Waals surface area (Å²) in [5.74, 6) is -0.174. The maximum Gasteiger partial charge on any atom is 0.337 e. The molecule has 2 atom stereocenters. The zero-order valence-corrected chi connectivity index (χ0v) is 11.8. The van der Waals surface area contributed by atoms with Gasteiger partial charge in [-0.1, -0.05) is 19.9 Å². The van der Waals surface area contributed by atoms with E-state index in [-0.39, 0.29) is 23.1 Å². The first-order valence-electron chi connectivity index (χ1n) is 6.73. The number of carboxylic acids is 1. The van der Waals surface area contributed by atoms with Crippen LogP contribution in [0.2, 0.25) is 0 Å². The summed E-state index contributed by atoms with van der Waals surface area (Å²) in [5.41, 5.74) is 1.35. The van der Waals surface area contributed by atoms with Crippen molar-refractivity contribution in [2.75, 3.05) is 0 Å². The topological polar surface area (TPSA) is 75.3 Å². The van der Waals surface area contributed by atoms with Crippen molar-refractivity contribution in [3.8, 4) is 0 Å². The van der Waals surface area contributed by atoms with Gasteiger partial charge in [0.05, 0.1) is 17.2 Å². The molecule has 0 aliphatic heterocycles. The minimum absolute atomic E-state index is 0.145.